The molecule has 28 heavy (non-hydrogen) atoms. The SMILES string of the molecule is COc1cc(C)c(Sc2cnc(N)s2)cc1C(=O)N1CCN(C=O)CC(F)C1. The number of alkyl halides is 1. The van der Waals surface area contributed by atoms with Crippen molar-refractivity contribution in [1.29, 1.82) is 0 Å². The summed E-state index contributed by atoms with van der Waals surface area (Å²) >= 11 is 2.83. The fraction of sp³-hybridized carbons (Fsp3) is 0.389. The number of carbonyl (C=O) groups is 2. The fourth-order valence-electron chi connectivity index (χ4n) is 2.97. The number of benzene rings is 1. The molecule has 1 aromatic carbocycles. The van der Waals surface area contributed by atoms with Gasteiger partial charge < -0.3 is 20.3 Å². The summed E-state index contributed by atoms with van der Waals surface area (Å²) in [6.45, 7) is 2.42. The molecule has 1 fully saturated rings. The minimum atomic E-state index is -1.29. The van der Waals surface area contributed by atoms with E-state index in [4.69, 9.17) is 10.5 Å². The molecular formula is C18H21FN4O3S2. The van der Waals surface area contributed by atoms with Crippen LogP contribution in [0.5, 0.6) is 5.75 Å². The van der Waals surface area contributed by atoms with Gasteiger partial charge in [-0.15, -0.1) is 0 Å². The second-order valence-electron chi connectivity index (χ2n) is 6.39. The molecule has 0 spiro atoms. The van der Waals surface area contributed by atoms with Crippen molar-refractivity contribution in [1.82, 2.24) is 14.8 Å². The lowest BCUT2D eigenvalue weighted by atomic mass is 10.1. The number of rotatable bonds is 5. The number of hydrogen-bond donors (Lipinski definition) is 1. The minimum Gasteiger partial charge on any atom is -0.496 e. The maximum atomic E-state index is 14.2. The topological polar surface area (TPSA) is 88.8 Å². The van der Waals surface area contributed by atoms with Crippen molar-refractivity contribution in [3.05, 3.63) is 29.5 Å². The highest BCUT2D eigenvalue weighted by molar-refractivity contribution is 8.01. The van der Waals surface area contributed by atoms with Crippen molar-refractivity contribution in [3.8, 4) is 5.75 Å². The standard InChI is InChI=1S/C18H21FN4O3S2/c1-11-5-14(26-2)13(6-15(11)27-16-7-21-18(20)28-16)17(25)23-4-3-22(10-24)8-12(19)9-23/h5-7,10,12H,3-4,8-9H2,1-2H3,(H2,20,21). The zero-order valence-corrected chi connectivity index (χ0v) is 17.2. The molecule has 2 N–H and O–H groups in total. The van der Waals surface area contributed by atoms with Crippen LogP contribution in [0.15, 0.2) is 27.4 Å². The van der Waals surface area contributed by atoms with E-state index in [1.165, 1.54) is 40.0 Å². The van der Waals surface area contributed by atoms with E-state index in [1.54, 1.807) is 18.3 Å². The van der Waals surface area contributed by atoms with Gasteiger partial charge in [0.25, 0.3) is 5.91 Å². The average Bonchev–Trinajstić information content (AvgIpc) is 2.98. The van der Waals surface area contributed by atoms with Crippen LogP contribution in [0.4, 0.5) is 9.52 Å². The van der Waals surface area contributed by atoms with E-state index < -0.39 is 6.17 Å². The molecule has 0 bridgehead atoms. The van der Waals surface area contributed by atoms with Crippen molar-refractivity contribution >= 4 is 40.5 Å². The number of nitrogens with two attached hydrogens (primary N) is 1. The first-order chi connectivity index (χ1) is 13.4. The van der Waals surface area contributed by atoms with Crippen molar-refractivity contribution < 1.29 is 18.7 Å². The molecule has 0 saturated carbocycles. The van der Waals surface area contributed by atoms with Gasteiger partial charge in [0.2, 0.25) is 6.41 Å². The zero-order chi connectivity index (χ0) is 20.3. The number of nitrogens with zero attached hydrogens (tertiary/aromatic N) is 3. The van der Waals surface area contributed by atoms with Crippen LogP contribution in [-0.2, 0) is 4.79 Å². The molecule has 1 saturated heterocycles. The van der Waals surface area contributed by atoms with Gasteiger partial charge in [-0.1, -0.05) is 23.1 Å². The van der Waals surface area contributed by atoms with Gasteiger partial charge in [-0.3, -0.25) is 9.59 Å². The van der Waals surface area contributed by atoms with Gasteiger partial charge in [0.15, 0.2) is 5.13 Å². The molecule has 2 aromatic rings. The molecule has 3 rings (SSSR count). The first-order valence-electron chi connectivity index (χ1n) is 8.61. The predicted molar refractivity (Wildman–Crippen MR) is 107 cm³/mol. The minimum absolute atomic E-state index is 0.00772. The summed E-state index contributed by atoms with van der Waals surface area (Å²) in [5.74, 6) is 0.112. The van der Waals surface area contributed by atoms with Gasteiger partial charge in [-0.25, -0.2) is 9.37 Å². The van der Waals surface area contributed by atoms with Crippen LogP contribution in [0.1, 0.15) is 15.9 Å². The highest BCUT2D eigenvalue weighted by Crippen LogP contribution is 2.38. The Morgan fingerprint density at radius 2 is 2.21 bits per heavy atom. The van der Waals surface area contributed by atoms with Crippen molar-refractivity contribution in [2.24, 2.45) is 0 Å². The highest BCUT2D eigenvalue weighted by atomic mass is 32.2. The molecular weight excluding hydrogens is 403 g/mol. The number of aromatic nitrogens is 1. The number of nitrogen functional groups attached to an aromatic ring is 1. The number of anilines is 1. The quantitative estimate of drug-likeness (QED) is 0.742. The number of carbonyl (C=O) groups excluding carboxylic acids is 2. The largest absolute Gasteiger partial charge is 0.496 e. The molecule has 1 aromatic heterocycles. The van der Waals surface area contributed by atoms with Crippen LogP contribution in [0.2, 0.25) is 0 Å². The number of halogens is 1. The number of methoxy groups -OCH3 is 1. The van der Waals surface area contributed by atoms with Crippen LogP contribution in [0.3, 0.4) is 0 Å². The highest BCUT2D eigenvalue weighted by Gasteiger charge is 2.28. The average molecular weight is 425 g/mol. The predicted octanol–water partition coefficient (Wildman–Crippen LogP) is 2.45. The maximum absolute atomic E-state index is 14.2. The Morgan fingerprint density at radius 3 is 2.86 bits per heavy atom. The molecule has 150 valence electrons. The number of ether oxygens (including phenoxy) is 1. The molecule has 7 nitrogen and oxygen atoms in total. The first-order valence-corrected chi connectivity index (χ1v) is 10.2. The molecule has 2 amide bonds. The molecule has 1 aliphatic rings. The van der Waals surface area contributed by atoms with E-state index in [1.807, 2.05) is 6.92 Å². The molecule has 1 aliphatic heterocycles. The second-order valence-corrected chi connectivity index (χ2v) is 8.79. The van der Waals surface area contributed by atoms with Gasteiger partial charge >= 0.3 is 0 Å². The van der Waals surface area contributed by atoms with Gasteiger partial charge in [-0.2, -0.15) is 0 Å². The third-order valence-electron chi connectivity index (χ3n) is 4.38. The molecule has 1 unspecified atom stereocenters. The summed E-state index contributed by atoms with van der Waals surface area (Å²) < 4.78 is 20.5. The van der Waals surface area contributed by atoms with Crippen molar-refractivity contribution in [2.75, 3.05) is 39.0 Å². The molecule has 1 atom stereocenters. The van der Waals surface area contributed by atoms with Crippen LogP contribution in [-0.4, -0.2) is 66.6 Å². The molecule has 0 radical (unpaired) electrons. The number of thiazole rings is 1. The molecule has 0 aliphatic carbocycles. The Hall–Kier alpha value is -2.33. The lowest BCUT2D eigenvalue weighted by molar-refractivity contribution is -0.118. The Bertz CT molecular complexity index is 877. The first kappa shape index (κ1) is 20.4. The van der Waals surface area contributed by atoms with E-state index >= 15 is 0 Å². The fourth-order valence-corrected chi connectivity index (χ4v) is 4.80. The Labute approximate surface area is 170 Å². The van der Waals surface area contributed by atoms with Crippen molar-refractivity contribution in [2.45, 2.75) is 22.2 Å². The van der Waals surface area contributed by atoms with Gasteiger partial charge in [-0.05, 0) is 24.6 Å². The van der Waals surface area contributed by atoms with Gasteiger partial charge in [0, 0.05) is 18.0 Å². The number of hydrogen-bond acceptors (Lipinski definition) is 7. The smallest absolute Gasteiger partial charge is 0.257 e. The summed E-state index contributed by atoms with van der Waals surface area (Å²) in [4.78, 5) is 31.8. The van der Waals surface area contributed by atoms with Crippen LogP contribution >= 0.6 is 23.1 Å². The maximum Gasteiger partial charge on any atom is 0.257 e. The van der Waals surface area contributed by atoms with Crippen LogP contribution in [0, 0.1) is 6.92 Å². The lowest BCUT2D eigenvalue weighted by Gasteiger charge is -2.23. The third-order valence-corrected chi connectivity index (χ3v) is 6.47. The van der Waals surface area contributed by atoms with E-state index in [-0.39, 0.29) is 25.5 Å². The Morgan fingerprint density at radius 1 is 1.43 bits per heavy atom. The summed E-state index contributed by atoms with van der Waals surface area (Å²) in [6, 6.07) is 3.55. The Balaban J connectivity index is 1.89. The van der Waals surface area contributed by atoms with E-state index in [0.29, 0.717) is 29.4 Å². The van der Waals surface area contributed by atoms with Gasteiger partial charge in [0.1, 0.15) is 11.9 Å². The third kappa shape index (κ3) is 4.56. The second kappa shape index (κ2) is 8.78. The van der Waals surface area contributed by atoms with Crippen molar-refractivity contribution in [3.63, 3.8) is 0 Å². The molecule has 2 heterocycles. The number of aryl methyl sites for hydroxylation is 1. The van der Waals surface area contributed by atoms with Crippen LogP contribution < -0.4 is 10.5 Å². The zero-order valence-electron chi connectivity index (χ0n) is 15.6. The normalized spacial score (nSPS) is 17.3. The summed E-state index contributed by atoms with van der Waals surface area (Å²) in [5.41, 5.74) is 6.99. The van der Waals surface area contributed by atoms with E-state index in [2.05, 4.69) is 4.98 Å². The summed E-state index contributed by atoms with van der Waals surface area (Å²) in [6.07, 6.45) is 1.01. The van der Waals surface area contributed by atoms with E-state index in [0.717, 1.165) is 14.7 Å². The summed E-state index contributed by atoms with van der Waals surface area (Å²) in [5, 5.41) is 0.475. The Kier molecular flexibility index (Phi) is 6.40. The monoisotopic (exact) mass is 424 g/mol. The lowest BCUT2D eigenvalue weighted by Crippen LogP contribution is -2.36. The van der Waals surface area contributed by atoms with Gasteiger partial charge in [0.05, 0.1) is 36.2 Å². The molecule has 10 heteroatoms. The summed E-state index contributed by atoms with van der Waals surface area (Å²) in [7, 11) is 1.50. The van der Waals surface area contributed by atoms with E-state index in [9.17, 15) is 14.0 Å². The van der Waals surface area contributed by atoms with Crippen LogP contribution in [0.25, 0.3) is 0 Å². The number of amides is 2.